The SMILES string of the molecule is CN=C1NN(C(C)C)c2cc3cnc(Nc4ccc(S(N)(=O)=O)cc4F)nc3n2C12CCCCC2. The Balaban J connectivity index is 1.63. The zero-order chi connectivity index (χ0) is 25.0. The third-order valence-electron chi connectivity index (χ3n) is 6.80. The van der Waals surface area contributed by atoms with Crippen LogP contribution in [0.3, 0.4) is 0 Å². The Morgan fingerprint density at radius 1 is 1.23 bits per heavy atom. The Bertz CT molecular complexity index is 1430. The Kier molecular flexibility index (Phi) is 5.67. The Morgan fingerprint density at radius 3 is 2.60 bits per heavy atom. The highest BCUT2D eigenvalue weighted by atomic mass is 32.2. The number of hydrogen-bond donors (Lipinski definition) is 3. The normalized spacial score (nSPS) is 18.8. The molecule has 186 valence electrons. The van der Waals surface area contributed by atoms with E-state index in [1.165, 1.54) is 18.6 Å². The molecule has 35 heavy (non-hydrogen) atoms. The molecule has 1 saturated carbocycles. The minimum absolute atomic E-state index is 0.0517. The van der Waals surface area contributed by atoms with Gasteiger partial charge in [-0.15, -0.1) is 0 Å². The van der Waals surface area contributed by atoms with Gasteiger partial charge in [-0.3, -0.25) is 20.0 Å². The van der Waals surface area contributed by atoms with E-state index in [9.17, 15) is 12.8 Å². The molecule has 0 unspecified atom stereocenters. The van der Waals surface area contributed by atoms with Crippen LogP contribution in [0.25, 0.3) is 11.0 Å². The van der Waals surface area contributed by atoms with Crippen molar-refractivity contribution in [1.29, 1.82) is 0 Å². The molecule has 1 aliphatic carbocycles. The average Bonchev–Trinajstić information content (AvgIpc) is 3.20. The van der Waals surface area contributed by atoms with Crippen LogP contribution < -0.4 is 20.9 Å². The fraction of sp³-hybridized carbons (Fsp3) is 0.435. The molecule has 10 nitrogen and oxygen atoms in total. The van der Waals surface area contributed by atoms with Crippen LogP contribution >= 0.6 is 0 Å². The first kappa shape index (κ1) is 23.5. The summed E-state index contributed by atoms with van der Waals surface area (Å²) in [5.74, 6) is 1.33. The first-order chi connectivity index (χ1) is 16.6. The molecule has 2 aromatic heterocycles. The standard InChI is InChI=1S/C23H29FN8O2S/c1-14(2)32-19-11-15-13-27-22(28-18-8-7-16(12-17(18)24)35(25,33)34)29-20(15)31(19)23(21(26-3)30-32)9-5-4-6-10-23/h7-8,11-14H,4-6,9-10H2,1-3H3,(H,26,30)(H2,25,33,34)(H,27,28,29). The maximum atomic E-state index is 14.6. The number of sulfonamides is 1. The van der Waals surface area contributed by atoms with E-state index in [-0.39, 0.29) is 28.1 Å². The van der Waals surface area contributed by atoms with Crippen LogP contribution in [-0.2, 0) is 15.6 Å². The number of nitrogens with one attached hydrogen (secondary N) is 2. The van der Waals surface area contributed by atoms with Crippen molar-refractivity contribution in [2.24, 2.45) is 10.1 Å². The van der Waals surface area contributed by atoms with E-state index in [2.05, 4.69) is 50.2 Å². The van der Waals surface area contributed by atoms with E-state index in [1.54, 1.807) is 6.20 Å². The summed E-state index contributed by atoms with van der Waals surface area (Å²) in [4.78, 5) is 13.5. The highest BCUT2D eigenvalue weighted by molar-refractivity contribution is 7.89. The number of hydrazine groups is 1. The molecular formula is C23H29FN8O2S. The van der Waals surface area contributed by atoms with Crippen molar-refractivity contribution in [3.05, 3.63) is 36.3 Å². The summed E-state index contributed by atoms with van der Waals surface area (Å²) in [6.07, 6.45) is 6.93. The van der Waals surface area contributed by atoms with E-state index < -0.39 is 15.8 Å². The smallest absolute Gasteiger partial charge is 0.238 e. The van der Waals surface area contributed by atoms with Crippen LogP contribution in [0.5, 0.6) is 0 Å². The lowest BCUT2D eigenvalue weighted by atomic mass is 9.79. The molecule has 0 bridgehead atoms. The molecule has 1 aliphatic heterocycles. The third kappa shape index (κ3) is 3.90. The van der Waals surface area contributed by atoms with Gasteiger partial charge in [-0.25, -0.2) is 22.9 Å². The number of fused-ring (bicyclic) bond motifs is 4. The first-order valence-electron chi connectivity index (χ1n) is 11.7. The zero-order valence-electron chi connectivity index (χ0n) is 19.9. The summed E-state index contributed by atoms with van der Waals surface area (Å²) < 4.78 is 40.0. The molecule has 5 rings (SSSR count). The second-order valence-corrected chi connectivity index (χ2v) is 10.9. The molecule has 0 saturated heterocycles. The summed E-state index contributed by atoms with van der Waals surface area (Å²) in [5.41, 5.74) is 3.99. The van der Waals surface area contributed by atoms with Gasteiger partial charge in [0.15, 0.2) is 0 Å². The summed E-state index contributed by atoms with van der Waals surface area (Å²) >= 11 is 0. The fourth-order valence-corrected chi connectivity index (χ4v) is 5.68. The Labute approximate surface area is 203 Å². The molecular weight excluding hydrogens is 471 g/mol. The van der Waals surface area contributed by atoms with Gasteiger partial charge in [0, 0.05) is 24.7 Å². The molecule has 2 aliphatic rings. The summed E-state index contributed by atoms with van der Waals surface area (Å²) in [6, 6.07) is 5.66. The molecule has 0 atom stereocenters. The predicted molar refractivity (Wildman–Crippen MR) is 134 cm³/mol. The predicted octanol–water partition coefficient (Wildman–Crippen LogP) is 3.38. The van der Waals surface area contributed by atoms with Gasteiger partial charge in [0.1, 0.15) is 28.7 Å². The van der Waals surface area contributed by atoms with Crippen molar-refractivity contribution in [3.63, 3.8) is 0 Å². The quantitative estimate of drug-likeness (QED) is 0.501. The largest absolute Gasteiger partial charge is 0.322 e. The number of aromatic nitrogens is 3. The van der Waals surface area contributed by atoms with Gasteiger partial charge >= 0.3 is 0 Å². The van der Waals surface area contributed by atoms with Crippen LogP contribution in [0, 0.1) is 5.82 Å². The van der Waals surface area contributed by atoms with Crippen molar-refractivity contribution in [2.45, 2.75) is 62.4 Å². The summed E-state index contributed by atoms with van der Waals surface area (Å²) in [7, 11) is -2.20. The number of anilines is 3. The number of primary sulfonamides is 1. The van der Waals surface area contributed by atoms with Crippen LogP contribution in [0.1, 0.15) is 46.0 Å². The molecule has 12 heteroatoms. The second-order valence-electron chi connectivity index (χ2n) is 9.36. The van der Waals surface area contributed by atoms with Crippen molar-refractivity contribution < 1.29 is 12.8 Å². The molecule has 1 fully saturated rings. The number of amidine groups is 1. The lowest BCUT2D eigenvalue weighted by Crippen LogP contribution is -2.62. The number of rotatable bonds is 4. The van der Waals surface area contributed by atoms with Gasteiger partial charge in [-0.05, 0) is 51.0 Å². The van der Waals surface area contributed by atoms with E-state index in [0.29, 0.717) is 0 Å². The average molecular weight is 501 g/mol. The number of hydrogen-bond acceptors (Lipinski definition) is 7. The second kappa shape index (κ2) is 8.45. The lowest BCUT2D eigenvalue weighted by molar-refractivity contribution is 0.267. The molecule has 0 radical (unpaired) electrons. The Morgan fingerprint density at radius 2 is 1.97 bits per heavy atom. The molecule has 4 N–H and O–H groups in total. The van der Waals surface area contributed by atoms with Gasteiger partial charge < -0.3 is 5.32 Å². The lowest BCUT2D eigenvalue weighted by Gasteiger charge is -2.49. The molecule has 3 heterocycles. The van der Waals surface area contributed by atoms with Gasteiger partial charge in [0.05, 0.1) is 10.6 Å². The number of aliphatic imine (C=N–C) groups is 1. The van der Waals surface area contributed by atoms with Crippen molar-refractivity contribution >= 4 is 44.3 Å². The zero-order valence-corrected chi connectivity index (χ0v) is 20.7. The molecule has 0 amide bonds. The van der Waals surface area contributed by atoms with Crippen LogP contribution in [0.2, 0.25) is 0 Å². The number of nitrogens with two attached hydrogens (primary N) is 1. The third-order valence-corrected chi connectivity index (χ3v) is 7.71. The Hall–Kier alpha value is -3.25. The maximum absolute atomic E-state index is 14.6. The number of benzene rings is 1. The van der Waals surface area contributed by atoms with E-state index >= 15 is 0 Å². The maximum Gasteiger partial charge on any atom is 0.238 e. The summed E-state index contributed by atoms with van der Waals surface area (Å²) in [6.45, 7) is 4.21. The first-order valence-corrected chi connectivity index (χ1v) is 13.2. The molecule has 3 aromatic rings. The van der Waals surface area contributed by atoms with E-state index in [0.717, 1.165) is 54.4 Å². The van der Waals surface area contributed by atoms with Crippen LogP contribution in [0.15, 0.2) is 40.4 Å². The number of halogens is 1. The van der Waals surface area contributed by atoms with Crippen molar-refractivity contribution in [3.8, 4) is 0 Å². The van der Waals surface area contributed by atoms with Crippen LogP contribution in [-0.4, -0.2) is 41.9 Å². The minimum atomic E-state index is -4.01. The van der Waals surface area contributed by atoms with Crippen molar-refractivity contribution in [2.75, 3.05) is 17.4 Å². The monoisotopic (exact) mass is 500 g/mol. The fourth-order valence-electron chi connectivity index (χ4n) is 5.16. The molecule has 1 aromatic carbocycles. The van der Waals surface area contributed by atoms with Crippen LogP contribution in [0.4, 0.5) is 21.8 Å². The van der Waals surface area contributed by atoms with Gasteiger partial charge in [0.2, 0.25) is 16.0 Å². The highest BCUT2D eigenvalue weighted by Crippen LogP contribution is 2.44. The van der Waals surface area contributed by atoms with E-state index in [1.807, 2.05) is 7.05 Å². The molecule has 1 spiro atoms. The topological polar surface area (TPSA) is 131 Å². The van der Waals surface area contributed by atoms with Gasteiger partial charge in [-0.1, -0.05) is 19.3 Å². The van der Waals surface area contributed by atoms with Gasteiger partial charge in [0.25, 0.3) is 0 Å². The minimum Gasteiger partial charge on any atom is -0.322 e. The van der Waals surface area contributed by atoms with Gasteiger partial charge in [-0.2, -0.15) is 4.98 Å². The number of nitrogens with zero attached hydrogens (tertiary/aromatic N) is 5. The van der Waals surface area contributed by atoms with E-state index in [4.69, 9.17) is 10.1 Å². The highest BCUT2D eigenvalue weighted by Gasteiger charge is 2.46. The summed E-state index contributed by atoms with van der Waals surface area (Å²) in [5, 5.41) is 10.9. The van der Waals surface area contributed by atoms with Crippen molar-refractivity contribution in [1.82, 2.24) is 20.0 Å².